The second kappa shape index (κ2) is 6.91. The summed E-state index contributed by atoms with van der Waals surface area (Å²) in [5.41, 5.74) is 4.77. The van der Waals surface area contributed by atoms with E-state index in [9.17, 15) is 9.59 Å². The predicted octanol–water partition coefficient (Wildman–Crippen LogP) is 0.222. The zero-order valence-corrected chi connectivity index (χ0v) is 10.2. The number of aromatic nitrogens is 2. The van der Waals surface area contributed by atoms with Crippen LogP contribution in [0.3, 0.4) is 0 Å². The largest absolute Gasteiger partial charge is 0.481 e. The molecule has 0 radical (unpaired) electrons. The van der Waals surface area contributed by atoms with Crippen molar-refractivity contribution in [2.75, 3.05) is 24.2 Å². The lowest BCUT2D eigenvalue weighted by atomic mass is 10.7. The molecule has 1 aromatic rings. The number of nitrogens with two attached hydrogens (primary N) is 1. The van der Waals surface area contributed by atoms with Gasteiger partial charge in [-0.05, 0) is 0 Å². The predicted molar refractivity (Wildman–Crippen MR) is 62.3 cm³/mol. The zero-order chi connectivity index (χ0) is 12.7. The molecule has 4 N–H and O–H groups in total. The Morgan fingerprint density at radius 2 is 2.29 bits per heavy atom. The summed E-state index contributed by atoms with van der Waals surface area (Å²) in [5, 5.41) is 19.4. The highest BCUT2D eigenvalue weighted by molar-refractivity contribution is 8.01. The van der Waals surface area contributed by atoms with Crippen LogP contribution in [0.2, 0.25) is 0 Å². The fourth-order valence-corrected chi connectivity index (χ4v) is 2.27. The van der Waals surface area contributed by atoms with Crippen LogP contribution in [0, 0.1) is 0 Å². The molecule has 0 aromatic carbocycles. The first-order valence-electron chi connectivity index (χ1n) is 4.42. The number of ether oxygens (including phenoxy) is 1. The van der Waals surface area contributed by atoms with E-state index in [0.29, 0.717) is 16.0 Å². The van der Waals surface area contributed by atoms with Crippen LogP contribution in [0.4, 0.5) is 9.93 Å². The third-order valence-corrected chi connectivity index (χ3v) is 3.35. The number of rotatable bonds is 7. The molecule has 0 spiro atoms. The topological polar surface area (TPSA) is 127 Å². The van der Waals surface area contributed by atoms with Gasteiger partial charge in [-0.15, -0.1) is 10.2 Å². The Bertz CT molecular complexity index is 397. The number of hydrogen-bond acceptors (Lipinski definition) is 8. The highest BCUT2D eigenvalue weighted by Crippen LogP contribution is 2.24. The van der Waals surface area contributed by atoms with Crippen molar-refractivity contribution in [1.82, 2.24) is 10.2 Å². The van der Waals surface area contributed by atoms with Gasteiger partial charge >= 0.3 is 12.1 Å². The second-order valence-corrected chi connectivity index (χ2v) is 4.85. The highest BCUT2D eigenvalue weighted by Gasteiger charge is 2.06. The van der Waals surface area contributed by atoms with Crippen LogP contribution in [0.1, 0.15) is 0 Å². The molecule has 0 aliphatic heterocycles. The molecule has 1 heterocycles. The highest BCUT2D eigenvalue weighted by atomic mass is 32.2. The maximum absolute atomic E-state index is 10.3. The fraction of sp³-hybridized carbons (Fsp3) is 0.429. The van der Waals surface area contributed by atoms with Gasteiger partial charge in [0.2, 0.25) is 5.13 Å². The number of carbonyl (C=O) groups is 2. The Labute approximate surface area is 105 Å². The van der Waals surface area contributed by atoms with Gasteiger partial charge in [0.15, 0.2) is 4.34 Å². The Morgan fingerprint density at radius 1 is 1.53 bits per heavy atom. The summed E-state index contributed by atoms with van der Waals surface area (Å²) < 4.78 is 5.06. The minimum Gasteiger partial charge on any atom is -0.481 e. The summed E-state index contributed by atoms with van der Waals surface area (Å²) >= 11 is 2.32. The molecule has 10 heteroatoms. The fourth-order valence-electron chi connectivity index (χ4n) is 0.773. The SMILES string of the molecule is NC(=O)OCCNc1nnc(SCC(=O)O)s1. The maximum Gasteiger partial charge on any atom is 0.404 e. The van der Waals surface area contributed by atoms with Gasteiger partial charge in [-0.1, -0.05) is 23.1 Å². The molecule has 1 rings (SSSR count). The van der Waals surface area contributed by atoms with Gasteiger partial charge in [0, 0.05) is 0 Å². The smallest absolute Gasteiger partial charge is 0.404 e. The molecule has 1 amide bonds. The number of carbonyl (C=O) groups excluding carboxylic acids is 1. The van der Waals surface area contributed by atoms with Gasteiger partial charge in [-0.2, -0.15) is 0 Å². The first kappa shape index (κ1) is 13.5. The average molecular weight is 278 g/mol. The molecule has 17 heavy (non-hydrogen) atoms. The molecule has 94 valence electrons. The maximum atomic E-state index is 10.3. The molecule has 0 atom stereocenters. The zero-order valence-electron chi connectivity index (χ0n) is 8.58. The third-order valence-electron chi connectivity index (χ3n) is 1.35. The van der Waals surface area contributed by atoms with Crippen LogP contribution < -0.4 is 11.1 Å². The van der Waals surface area contributed by atoms with Gasteiger partial charge < -0.3 is 20.9 Å². The van der Waals surface area contributed by atoms with E-state index < -0.39 is 12.1 Å². The van der Waals surface area contributed by atoms with Gasteiger partial charge in [0.25, 0.3) is 0 Å². The molecule has 0 fully saturated rings. The Morgan fingerprint density at radius 3 is 2.94 bits per heavy atom. The van der Waals surface area contributed by atoms with Crippen LogP contribution in [-0.4, -0.2) is 46.3 Å². The Kier molecular flexibility index (Phi) is 5.49. The second-order valence-electron chi connectivity index (χ2n) is 2.65. The molecule has 0 bridgehead atoms. The molecular formula is C7H10N4O4S2. The van der Waals surface area contributed by atoms with Gasteiger partial charge in [0.1, 0.15) is 6.61 Å². The van der Waals surface area contributed by atoms with E-state index in [1.807, 2.05) is 0 Å². The number of hydrogen-bond donors (Lipinski definition) is 3. The van der Waals surface area contributed by atoms with Crippen LogP contribution in [0.25, 0.3) is 0 Å². The van der Waals surface area contributed by atoms with Gasteiger partial charge in [-0.3, -0.25) is 4.79 Å². The number of anilines is 1. The minimum atomic E-state index is -0.908. The molecule has 0 saturated carbocycles. The summed E-state index contributed by atoms with van der Waals surface area (Å²) in [6.07, 6.45) is -0.832. The summed E-state index contributed by atoms with van der Waals surface area (Å²) in [6.45, 7) is 0.494. The average Bonchev–Trinajstić information content (AvgIpc) is 2.69. The molecule has 8 nitrogen and oxygen atoms in total. The third kappa shape index (κ3) is 5.92. The van der Waals surface area contributed by atoms with Crippen LogP contribution >= 0.6 is 23.1 Å². The lowest BCUT2D eigenvalue weighted by Gasteiger charge is -2.01. The van der Waals surface area contributed by atoms with E-state index in [0.717, 1.165) is 11.8 Å². The number of nitrogens with zero attached hydrogens (tertiary/aromatic N) is 2. The van der Waals surface area contributed by atoms with Gasteiger partial charge in [-0.25, -0.2) is 4.79 Å². The number of nitrogens with one attached hydrogen (secondary N) is 1. The molecule has 0 aliphatic carbocycles. The number of carboxylic acid groups (broad SMARTS) is 1. The summed E-state index contributed by atoms with van der Waals surface area (Å²) in [6, 6.07) is 0. The molecule has 0 saturated heterocycles. The quantitative estimate of drug-likeness (QED) is 0.477. The summed E-state index contributed by atoms with van der Waals surface area (Å²) in [4.78, 5) is 20.6. The van der Waals surface area contributed by atoms with Crippen molar-refractivity contribution in [1.29, 1.82) is 0 Å². The Balaban J connectivity index is 2.25. The van der Waals surface area contributed by atoms with E-state index in [1.165, 1.54) is 11.3 Å². The number of thioether (sulfide) groups is 1. The van der Waals surface area contributed by atoms with Crippen molar-refractivity contribution < 1.29 is 19.4 Å². The van der Waals surface area contributed by atoms with Crippen LogP contribution in [0.5, 0.6) is 0 Å². The van der Waals surface area contributed by atoms with Crippen molar-refractivity contribution in [2.45, 2.75) is 4.34 Å². The first-order chi connectivity index (χ1) is 8.08. The van der Waals surface area contributed by atoms with Crippen LogP contribution in [0.15, 0.2) is 4.34 Å². The molecule has 0 unspecified atom stereocenters. The van der Waals surface area contributed by atoms with Crippen LogP contribution in [-0.2, 0) is 9.53 Å². The van der Waals surface area contributed by atoms with Gasteiger partial charge in [0.05, 0.1) is 12.3 Å². The van der Waals surface area contributed by atoms with Crippen molar-refractivity contribution in [3.63, 3.8) is 0 Å². The standard InChI is InChI=1S/C7H10N4O4S2/c8-5(14)15-2-1-9-6-10-11-7(17-6)16-3-4(12)13/h1-3H2,(H2,8,14)(H,9,10)(H,12,13). The molecule has 1 aromatic heterocycles. The lowest BCUT2D eigenvalue weighted by Crippen LogP contribution is -2.18. The molecular weight excluding hydrogens is 268 g/mol. The van der Waals surface area contributed by atoms with E-state index in [2.05, 4.69) is 20.3 Å². The number of amides is 1. The number of primary amides is 1. The van der Waals surface area contributed by atoms with E-state index in [-0.39, 0.29) is 12.4 Å². The Hall–Kier alpha value is -1.55. The van der Waals surface area contributed by atoms with Crippen molar-refractivity contribution >= 4 is 40.3 Å². The first-order valence-corrected chi connectivity index (χ1v) is 6.22. The summed E-state index contributed by atoms with van der Waals surface area (Å²) in [7, 11) is 0. The van der Waals surface area contributed by atoms with E-state index in [1.54, 1.807) is 0 Å². The van der Waals surface area contributed by atoms with Crippen molar-refractivity contribution in [2.24, 2.45) is 5.73 Å². The lowest BCUT2D eigenvalue weighted by molar-refractivity contribution is -0.133. The molecule has 0 aliphatic rings. The van der Waals surface area contributed by atoms with E-state index >= 15 is 0 Å². The van der Waals surface area contributed by atoms with Crippen molar-refractivity contribution in [3.05, 3.63) is 0 Å². The summed E-state index contributed by atoms with van der Waals surface area (Å²) in [5.74, 6) is -0.964. The van der Waals surface area contributed by atoms with E-state index in [4.69, 9.17) is 10.8 Å². The number of carboxylic acids is 1. The van der Waals surface area contributed by atoms with Crippen molar-refractivity contribution in [3.8, 4) is 0 Å². The number of aliphatic carboxylic acids is 1. The normalized spacial score (nSPS) is 9.88. The minimum absolute atomic E-state index is 0.0561. The monoisotopic (exact) mass is 278 g/mol.